The molecule has 1 amide bonds. The molecule has 1 saturated heterocycles. The summed E-state index contributed by atoms with van der Waals surface area (Å²) in [4.78, 5) is 34.5. The van der Waals surface area contributed by atoms with Gasteiger partial charge in [0.1, 0.15) is 11.9 Å². The zero-order valence-electron chi connectivity index (χ0n) is 19.1. The number of ether oxygens (including phenoxy) is 2. The Labute approximate surface area is 207 Å². The molecule has 0 saturated carbocycles. The van der Waals surface area contributed by atoms with Gasteiger partial charge in [0.25, 0.3) is 5.91 Å². The number of benzene rings is 2. The maximum absolute atomic E-state index is 13.0. The van der Waals surface area contributed by atoms with Gasteiger partial charge in [0.15, 0.2) is 11.5 Å². The van der Waals surface area contributed by atoms with E-state index in [-0.39, 0.29) is 23.4 Å². The molecule has 9 nitrogen and oxygen atoms in total. The highest BCUT2D eigenvalue weighted by atomic mass is 32.1. The number of amides is 1. The predicted molar refractivity (Wildman–Crippen MR) is 132 cm³/mol. The summed E-state index contributed by atoms with van der Waals surface area (Å²) >= 11 is 5.35. The summed E-state index contributed by atoms with van der Waals surface area (Å²) in [6, 6.07) is 13.1. The summed E-state index contributed by atoms with van der Waals surface area (Å²) in [5, 5.41) is 4.14. The van der Waals surface area contributed by atoms with Crippen LogP contribution >= 0.6 is 12.2 Å². The van der Waals surface area contributed by atoms with Crippen LogP contribution in [-0.2, 0) is 11.3 Å². The van der Waals surface area contributed by atoms with E-state index >= 15 is 0 Å². The number of carbonyl (C=O) groups is 2. The Kier molecular flexibility index (Phi) is 5.62. The predicted octanol–water partition coefficient (Wildman–Crippen LogP) is 3.05. The summed E-state index contributed by atoms with van der Waals surface area (Å²) in [5.41, 5.74) is 1.92. The van der Waals surface area contributed by atoms with Gasteiger partial charge >= 0.3 is 0 Å². The normalized spacial score (nSPS) is 19.1. The number of anilines is 1. The van der Waals surface area contributed by atoms with Crippen molar-refractivity contribution in [2.75, 3.05) is 38.3 Å². The van der Waals surface area contributed by atoms with Crippen LogP contribution in [0.4, 0.5) is 5.82 Å². The van der Waals surface area contributed by atoms with Gasteiger partial charge in [0.2, 0.25) is 17.5 Å². The third-order valence-corrected chi connectivity index (χ3v) is 7.11. The minimum absolute atomic E-state index is 0.0739. The maximum Gasteiger partial charge on any atom is 0.257 e. The van der Waals surface area contributed by atoms with Crippen molar-refractivity contribution in [3.05, 3.63) is 52.8 Å². The van der Waals surface area contributed by atoms with E-state index in [9.17, 15) is 9.59 Å². The molecule has 6 rings (SSSR count). The third kappa shape index (κ3) is 4.12. The van der Waals surface area contributed by atoms with Crippen LogP contribution in [0.15, 0.2) is 42.5 Å². The van der Waals surface area contributed by atoms with Gasteiger partial charge in [-0.15, -0.1) is 0 Å². The van der Waals surface area contributed by atoms with E-state index in [1.807, 2.05) is 41.3 Å². The summed E-state index contributed by atoms with van der Waals surface area (Å²) < 4.78 is 12.5. The first-order valence-electron chi connectivity index (χ1n) is 11.8. The molecular formula is C25H25N5O4S. The van der Waals surface area contributed by atoms with Crippen LogP contribution in [0.2, 0.25) is 0 Å². The van der Waals surface area contributed by atoms with Crippen molar-refractivity contribution in [3.8, 4) is 11.5 Å². The second-order valence-electron chi connectivity index (χ2n) is 9.01. The first-order valence-corrected chi connectivity index (χ1v) is 12.2. The molecule has 1 atom stereocenters. The number of carbonyl (C=O) groups excluding carboxylic acids is 2. The van der Waals surface area contributed by atoms with Gasteiger partial charge in [0.05, 0.1) is 5.52 Å². The number of nitrogens with zero attached hydrogens (tertiary/aromatic N) is 4. The average molecular weight is 492 g/mol. The van der Waals surface area contributed by atoms with Crippen LogP contribution in [0.5, 0.6) is 11.5 Å². The van der Waals surface area contributed by atoms with Crippen molar-refractivity contribution >= 4 is 40.8 Å². The fourth-order valence-electron chi connectivity index (χ4n) is 4.94. The van der Waals surface area contributed by atoms with Crippen molar-refractivity contribution in [1.82, 2.24) is 19.4 Å². The van der Waals surface area contributed by atoms with Crippen molar-refractivity contribution < 1.29 is 19.1 Å². The number of para-hydroxylation sites is 1. The van der Waals surface area contributed by atoms with Gasteiger partial charge in [-0.25, -0.2) is 9.55 Å². The largest absolute Gasteiger partial charge is 0.454 e. The highest BCUT2D eigenvalue weighted by molar-refractivity contribution is 7.71. The molecule has 0 radical (unpaired) electrons. The lowest BCUT2D eigenvalue weighted by molar-refractivity contribution is -0.133. The van der Waals surface area contributed by atoms with Crippen LogP contribution in [-0.4, -0.2) is 70.2 Å². The molecule has 1 fully saturated rings. The molecule has 4 heterocycles. The lowest BCUT2D eigenvalue weighted by Crippen LogP contribution is -2.48. The lowest BCUT2D eigenvalue weighted by Gasteiger charge is -2.35. The SMILES string of the molecule is O=C(CCC1Nc2c3ccccc3nc(=S)n2C1=O)N1CCN(Cc2ccc3c(c2)OCO3)CC1. The Morgan fingerprint density at radius 2 is 1.89 bits per heavy atom. The fraction of sp³-hybridized carbons (Fsp3) is 0.360. The minimum Gasteiger partial charge on any atom is -0.454 e. The summed E-state index contributed by atoms with van der Waals surface area (Å²) in [5.74, 6) is 2.17. The van der Waals surface area contributed by atoms with E-state index in [1.54, 1.807) is 0 Å². The summed E-state index contributed by atoms with van der Waals surface area (Å²) in [7, 11) is 0. The van der Waals surface area contributed by atoms with Crippen molar-refractivity contribution in [2.24, 2.45) is 0 Å². The topological polar surface area (TPSA) is 88.9 Å². The van der Waals surface area contributed by atoms with E-state index in [2.05, 4.69) is 21.3 Å². The molecule has 2 aromatic carbocycles. The maximum atomic E-state index is 13.0. The highest BCUT2D eigenvalue weighted by Crippen LogP contribution is 2.33. The molecule has 0 aliphatic carbocycles. The third-order valence-electron chi connectivity index (χ3n) is 6.83. The second-order valence-corrected chi connectivity index (χ2v) is 9.38. The first kappa shape index (κ1) is 22.0. The number of nitrogens with one attached hydrogen (secondary N) is 1. The van der Waals surface area contributed by atoms with Crippen LogP contribution in [0, 0.1) is 4.77 Å². The fourth-order valence-corrected chi connectivity index (χ4v) is 5.22. The Morgan fingerprint density at radius 3 is 2.74 bits per heavy atom. The van der Waals surface area contributed by atoms with Crippen LogP contribution in [0.3, 0.4) is 0 Å². The first-order chi connectivity index (χ1) is 17.1. The lowest BCUT2D eigenvalue weighted by atomic mass is 10.1. The van der Waals surface area contributed by atoms with E-state index in [1.165, 1.54) is 10.1 Å². The van der Waals surface area contributed by atoms with Gasteiger partial charge in [-0.05, 0) is 48.5 Å². The highest BCUT2D eigenvalue weighted by Gasteiger charge is 2.33. The van der Waals surface area contributed by atoms with Gasteiger partial charge in [0, 0.05) is 44.5 Å². The molecular weight excluding hydrogens is 466 g/mol. The monoisotopic (exact) mass is 491 g/mol. The van der Waals surface area contributed by atoms with Crippen LogP contribution in [0.25, 0.3) is 10.9 Å². The number of hydrogen-bond donors (Lipinski definition) is 1. The minimum atomic E-state index is -0.486. The van der Waals surface area contributed by atoms with Crippen molar-refractivity contribution in [1.29, 1.82) is 0 Å². The molecule has 3 aliphatic rings. The molecule has 3 aromatic rings. The molecule has 35 heavy (non-hydrogen) atoms. The van der Waals surface area contributed by atoms with Gasteiger partial charge in [-0.2, -0.15) is 0 Å². The second kappa shape index (κ2) is 8.94. The number of rotatable bonds is 5. The van der Waals surface area contributed by atoms with E-state index in [0.717, 1.165) is 42.0 Å². The van der Waals surface area contributed by atoms with Crippen LogP contribution < -0.4 is 14.8 Å². The molecule has 3 aliphatic heterocycles. The summed E-state index contributed by atoms with van der Waals surface area (Å²) in [6.07, 6.45) is 0.720. The van der Waals surface area contributed by atoms with Gasteiger partial charge in [-0.3, -0.25) is 14.5 Å². The van der Waals surface area contributed by atoms with E-state index in [4.69, 9.17) is 21.7 Å². The van der Waals surface area contributed by atoms with E-state index in [0.29, 0.717) is 31.7 Å². The zero-order valence-corrected chi connectivity index (χ0v) is 19.9. The van der Waals surface area contributed by atoms with Gasteiger partial charge < -0.3 is 19.7 Å². The Morgan fingerprint density at radius 1 is 1.09 bits per heavy atom. The Bertz CT molecular complexity index is 1380. The van der Waals surface area contributed by atoms with E-state index < -0.39 is 6.04 Å². The molecule has 1 unspecified atom stereocenters. The number of fused-ring (bicyclic) bond motifs is 4. The molecule has 0 spiro atoms. The van der Waals surface area contributed by atoms with Crippen molar-refractivity contribution in [2.45, 2.75) is 25.4 Å². The number of aromatic nitrogens is 2. The quantitative estimate of drug-likeness (QED) is 0.545. The standard InChI is InChI=1S/C25H25N5O4S/c31-22(29-11-9-28(10-12-29)14-16-5-7-20-21(13-16)34-15-33-20)8-6-19-24(32)30-23(26-19)17-3-1-2-4-18(17)27-25(30)35/h1-5,7,13,19,26H,6,8-12,14-15H2. The molecule has 180 valence electrons. The Hall–Kier alpha value is -3.50. The Balaban J connectivity index is 1.03. The molecule has 0 bridgehead atoms. The summed E-state index contributed by atoms with van der Waals surface area (Å²) in [6.45, 7) is 4.04. The average Bonchev–Trinajstić information content (AvgIpc) is 3.47. The van der Waals surface area contributed by atoms with Gasteiger partial charge in [-0.1, -0.05) is 18.2 Å². The molecule has 1 N–H and O–H groups in total. The zero-order chi connectivity index (χ0) is 23.9. The number of hydrogen-bond acceptors (Lipinski definition) is 8. The smallest absolute Gasteiger partial charge is 0.257 e. The molecule has 10 heteroatoms. The van der Waals surface area contributed by atoms with Crippen molar-refractivity contribution in [3.63, 3.8) is 0 Å². The van der Waals surface area contributed by atoms with Crippen LogP contribution in [0.1, 0.15) is 23.2 Å². The molecule has 1 aromatic heterocycles. The number of piperazine rings is 1.